The van der Waals surface area contributed by atoms with Crippen molar-refractivity contribution >= 4 is 28.4 Å². The molecular weight excluding hydrogens is 364 g/mol. The molecule has 144 valence electrons. The van der Waals surface area contributed by atoms with Gasteiger partial charge in [0, 0.05) is 47.9 Å². The zero-order valence-corrected chi connectivity index (χ0v) is 16.3. The normalized spacial score (nSPS) is 24.1. The van der Waals surface area contributed by atoms with E-state index in [1.165, 1.54) is 0 Å². The smallest absolute Gasteiger partial charge is 0.252 e. The molecule has 0 unspecified atom stereocenters. The number of hydrogen-bond acceptors (Lipinski definition) is 4. The van der Waals surface area contributed by atoms with E-state index < -0.39 is 0 Å². The number of nitrogens with zero attached hydrogens (tertiary/aromatic N) is 1. The summed E-state index contributed by atoms with van der Waals surface area (Å²) >= 11 is 6.10. The quantitative estimate of drug-likeness (QED) is 0.869. The summed E-state index contributed by atoms with van der Waals surface area (Å²) in [7, 11) is 0. The number of hydrogen-bond donors (Lipinski definition) is 1. The molecule has 5 nitrogen and oxygen atoms in total. The Morgan fingerprint density at radius 2 is 1.93 bits per heavy atom. The van der Waals surface area contributed by atoms with Gasteiger partial charge in [0.2, 0.25) is 0 Å². The predicted molar refractivity (Wildman–Crippen MR) is 105 cm³/mol. The molecule has 1 N–H and O–H groups in total. The summed E-state index contributed by atoms with van der Waals surface area (Å²) in [6.45, 7) is 4.90. The Balaban J connectivity index is 1.58. The van der Waals surface area contributed by atoms with E-state index in [0.29, 0.717) is 35.6 Å². The largest absolute Gasteiger partial charge is 0.381 e. The number of aromatic nitrogens is 1. The van der Waals surface area contributed by atoms with Crippen molar-refractivity contribution in [2.75, 3.05) is 26.4 Å². The van der Waals surface area contributed by atoms with Gasteiger partial charge in [-0.05, 0) is 50.3 Å². The molecule has 1 aromatic heterocycles. The first-order valence-electron chi connectivity index (χ1n) is 9.65. The minimum absolute atomic E-state index is 0.0446. The fourth-order valence-corrected chi connectivity index (χ4v) is 4.48. The molecule has 2 aromatic rings. The third-order valence-electron chi connectivity index (χ3n) is 5.73. The molecular formula is C21H25ClN2O3. The third-order valence-corrected chi connectivity index (χ3v) is 5.97. The van der Waals surface area contributed by atoms with E-state index in [9.17, 15) is 4.79 Å². The molecule has 2 saturated heterocycles. The molecule has 3 heterocycles. The second-order valence-corrected chi connectivity index (χ2v) is 7.97. The van der Waals surface area contributed by atoms with E-state index >= 15 is 0 Å². The number of fused-ring (bicyclic) bond motifs is 1. The van der Waals surface area contributed by atoms with Crippen molar-refractivity contribution in [3.8, 4) is 0 Å². The minimum atomic E-state index is -0.0446. The first-order chi connectivity index (χ1) is 13.1. The van der Waals surface area contributed by atoms with Crippen LogP contribution in [0.1, 0.15) is 35.3 Å². The van der Waals surface area contributed by atoms with Gasteiger partial charge in [0.05, 0.1) is 17.7 Å². The summed E-state index contributed by atoms with van der Waals surface area (Å²) in [5, 5.41) is 4.75. The van der Waals surface area contributed by atoms with Gasteiger partial charge in [-0.15, -0.1) is 0 Å². The van der Waals surface area contributed by atoms with Crippen LogP contribution in [0, 0.1) is 18.8 Å². The molecule has 2 atom stereocenters. The number of benzene rings is 1. The van der Waals surface area contributed by atoms with Crippen LogP contribution >= 0.6 is 11.6 Å². The number of pyridine rings is 1. The third kappa shape index (κ3) is 4.10. The van der Waals surface area contributed by atoms with Gasteiger partial charge in [0.15, 0.2) is 0 Å². The molecule has 0 saturated carbocycles. The SMILES string of the molecule is Cc1cc(C(=O)N[C@@H]2CCOC[C@@H]2C2CCOCC2)c2ccc(Cl)cc2n1. The van der Waals surface area contributed by atoms with Gasteiger partial charge in [-0.25, -0.2) is 0 Å². The predicted octanol–water partition coefficient (Wildman–Crippen LogP) is 3.76. The lowest BCUT2D eigenvalue weighted by Gasteiger charge is -2.39. The highest BCUT2D eigenvalue weighted by Gasteiger charge is 2.34. The van der Waals surface area contributed by atoms with Gasteiger partial charge in [0.25, 0.3) is 5.91 Å². The first-order valence-corrected chi connectivity index (χ1v) is 10.0. The van der Waals surface area contributed by atoms with Crippen molar-refractivity contribution in [3.05, 3.63) is 40.5 Å². The van der Waals surface area contributed by atoms with E-state index in [1.54, 1.807) is 12.1 Å². The molecule has 2 aliphatic heterocycles. The van der Waals surface area contributed by atoms with Crippen LogP contribution in [0.3, 0.4) is 0 Å². The van der Waals surface area contributed by atoms with E-state index in [-0.39, 0.29) is 11.9 Å². The number of carbonyl (C=O) groups excluding carboxylic acids is 1. The van der Waals surface area contributed by atoms with E-state index in [0.717, 1.165) is 49.1 Å². The molecule has 27 heavy (non-hydrogen) atoms. The molecule has 1 amide bonds. The lowest BCUT2D eigenvalue weighted by molar-refractivity contribution is -0.0259. The number of aryl methyl sites for hydroxylation is 1. The van der Waals surface area contributed by atoms with Gasteiger partial charge in [-0.3, -0.25) is 9.78 Å². The van der Waals surface area contributed by atoms with Crippen LogP contribution in [-0.4, -0.2) is 43.4 Å². The van der Waals surface area contributed by atoms with Crippen LogP contribution in [-0.2, 0) is 9.47 Å². The molecule has 0 radical (unpaired) electrons. The Bertz CT molecular complexity index is 830. The molecule has 4 rings (SSSR count). The maximum absolute atomic E-state index is 13.2. The zero-order chi connectivity index (χ0) is 18.8. The van der Waals surface area contributed by atoms with Crippen LogP contribution in [0.25, 0.3) is 10.9 Å². The summed E-state index contributed by atoms with van der Waals surface area (Å²) in [5.74, 6) is 0.839. The number of halogens is 1. The fourth-order valence-electron chi connectivity index (χ4n) is 4.32. The highest BCUT2D eigenvalue weighted by Crippen LogP contribution is 2.31. The number of nitrogens with one attached hydrogen (secondary N) is 1. The van der Waals surface area contributed by atoms with Gasteiger partial charge in [0.1, 0.15) is 0 Å². The molecule has 0 bridgehead atoms. The van der Waals surface area contributed by atoms with Gasteiger partial charge in [-0.1, -0.05) is 17.7 Å². The Morgan fingerprint density at radius 3 is 2.74 bits per heavy atom. The average Bonchev–Trinajstić information content (AvgIpc) is 2.68. The Labute approximate surface area is 164 Å². The first kappa shape index (κ1) is 18.7. The summed E-state index contributed by atoms with van der Waals surface area (Å²) in [6.07, 6.45) is 2.92. The monoisotopic (exact) mass is 388 g/mol. The van der Waals surface area contributed by atoms with Crippen LogP contribution in [0.4, 0.5) is 0 Å². The molecule has 0 spiro atoms. The molecule has 0 aliphatic carbocycles. The summed E-state index contributed by atoms with van der Waals surface area (Å²) < 4.78 is 11.2. The minimum Gasteiger partial charge on any atom is -0.381 e. The van der Waals surface area contributed by atoms with Gasteiger partial charge in [-0.2, -0.15) is 0 Å². The molecule has 2 aliphatic rings. The van der Waals surface area contributed by atoms with E-state index in [4.69, 9.17) is 21.1 Å². The summed E-state index contributed by atoms with van der Waals surface area (Å²) in [5.41, 5.74) is 2.22. The Morgan fingerprint density at radius 1 is 1.15 bits per heavy atom. The number of amides is 1. The zero-order valence-electron chi connectivity index (χ0n) is 15.5. The maximum Gasteiger partial charge on any atom is 0.252 e. The maximum atomic E-state index is 13.2. The van der Waals surface area contributed by atoms with Crippen molar-refractivity contribution in [1.29, 1.82) is 0 Å². The van der Waals surface area contributed by atoms with Crippen molar-refractivity contribution in [1.82, 2.24) is 10.3 Å². The average molecular weight is 389 g/mol. The summed E-state index contributed by atoms with van der Waals surface area (Å²) in [6, 6.07) is 7.47. The fraction of sp³-hybridized carbons (Fsp3) is 0.524. The topological polar surface area (TPSA) is 60.5 Å². The van der Waals surface area contributed by atoms with Crippen molar-refractivity contribution in [2.24, 2.45) is 11.8 Å². The molecule has 1 aromatic carbocycles. The van der Waals surface area contributed by atoms with Crippen LogP contribution in [0.15, 0.2) is 24.3 Å². The Hall–Kier alpha value is -1.69. The standard InChI is InChI=1S/C21H25ClN2O3/c1-13-10-17(16-3-2-15(22)11-20(16)23-13)21(25)24-19-6-9-27-12-18(19)14-4-7-26-8-5-14/h2-3,10-11,14,18-19H,4-9,12H2,1H3,(H,24,25)/t18-,19-/m1/s1. The second kappa shape index (κ2) is 8.13. The number of rotatable bonds is 3. The highest BCUT2D eigenvalue weighted by atomic mass is 35.5. The number of ether oxygens (including phenoxy) is 2. The van der Waals surface area contributed by atoms with E-state index in [2.05, 4.69) is 10.3 Å². The van der Waals surface area contributed by atoms with Crippen molar-refractivity contribution in [3.63, 3.8) is 0 Å². The molecule has 6 heteroatoms. The number of carbonyl (C=O) groups is 1. The van der Waals surface area contributed by atoms with Crippen molar-refractivity contribution in [2.45, 2.75) is 32.2 Å². The summed E-state index contributed by atoms with van der Waals surface area (Å²) in [4.78, 5) is 17.7. The van der Waals surface area contributed by atoms with Crippen molar-refractivity contribution < 1.29 is 14.3 Å². The highest BCUT2D eigenvalue weighted by molar-refractivity contribution is 6.31. The van der Waals surface area contributed by atoms with E-state index in [1.807, 2.05) is 19.1 Å². The lowest BCUT2D eigenvalue weighted by Crippen LogP contribution is -2.49. The van der Waals surface area contributed by atoms with Gasteiger partial charge >= 0.3 is 0 Å². The molecule has 2 fully saturated rings. The van der Waals surface area contributed by atoms with Crippen LogP contribution in [0.2, 0.25) is 5.02 Å². The van der Waals surface area contributed by atoms with Crippen LogP contribution in [0.5, 0.6) is 0 Å². The van der Waals surface area contributed by atoms with Crippen LogP contribution < -0.4 is 5.32 Å². The second-order valence-electron chi connectivity index (χ2n) is 7.53. The Kier molecular flexibility index (Phi) is 5.62. The van der Waals surface area contributed by atoms with Gasteiger partial charge < -0.3 is 14.8 Å². The lowest BCUT2D eigenvalue weighted by atomic mass is 9.79.